The Morgan fingerprint density at radius 1 is 1.03 bits per heavy atom. The highest BCUT2D eigenvalue weighted by Crippen LogP contribution is 2.33. The number of carbonyl (C=O) groups excluding carboxylic acids is 1. The molecule has 33 heavy (non-hydrogen) atoms. The van der Waals surface area contributed by atoms with Crippen molar-refractivity contribution in [1.29, 1.82) is 0 Å². The Kier molecular flexibility index (Phi) is 7.75. The fraction of sp³-hybridized carbons (Fsp3) is 0.346. The molecule has 174 valence electrons. The number of fused-ring (bicyclic) bond motifs is 2. The summed E-state index contributed by atoms with van der Waals surface area (Å²) in [4.78, 5) is 15.2. The second kappa shape index (κ2) is 10.9. The zero-order valence-electron chi connectivity index (χ0n) is 19.4. The third-order valence-electron chi connectivity index (χ3n) is 5.93. The van der Waals surface area contributed by atoms with E-state index in [0.717, 1.165) is 71.9 Å². The van der Waals surface area contributed by atoms with Crippen LogP contribution in [0.2, 0.25) is 0 Å². The maximum Gasteiger partial charge on any atom is 0.221 e. The van der Waals surface area contributed by atoms with Crippen LogP contribution in [0.15, 0.2) is 53.4 Å². The number of hydrogen-bond donors (Lipinski definition) is 2. The summed E-state index contributed by atoms with van der Waals surface area (Å²) in [6.45, 7) is 5.50. The number of hydrogen-bond acceptors (Lipinski definition) is 6. The van der Waals surface area contributed by atoms with Gasteiger partial charge in [0.1, 0.15) is 0 Å². The number of carbonyl (C=O) groups is 1. The van der Waals surface area contributed by atoms with Crippen LogP contribution in [0.5, 0.6) is 11.5 Å². The van der Waals surface area contributed by atoms with Crippen molar-refractivity contribution < 1.29 is 14.3 Å². The molecule has 2 N–H and O–H groups in total. The lowest BCUT2D eigenvalue weighted by atomic mass is 9.98. The average molecular weight is 466 g/mol. The lowest BCUT2D eigenvalue weighted by molar-refractivity contribution is -0.114. The molecule has 0 atom stereocenters. The second-order valence-corrected chi connectivity index (χ2v) is 9.12. The maximum atomic E-state index is 11.5. The quantitative estimate of drug-likeness (QED) is 0.348. The number of anilines is 1. The maximum absolute atomic E-state index is 11.5. The molecule has 1 aliphatic rings. The van der Waals surface area contributed by atoms with Crippen molar-refractivity contribution in [3.8, 4) is 11.5 Å². The molecule has 0 fully saturated rings. The number of ether oxygens (including phenoxy) is 2. The van der Waals surface area contributed by atoms with Crippen LogP contribution in [0.1, 0.15) is 24.5 Å². The lowest BCUT2D eigenvalue weighted by Crippen LogP contribution is -2.32. The van der Waals surface area contributed by atoms with Gasteiger partial charge in [0.2, 0.25) is 5.91 Å². The minimum Gasteiger partial charge on any atom is -0.493 e. The van der Waals surface area contributed by atoms with E-state index in [0.29, 0.717) is 0 Å². The van der Waals surface area contributed by atoms with Crippen LogP contribution >= 0.6 is 11.9 Å². The molecule has 0 spiro atoms. The molecule has 6 nitrogen and oxygen atoms in total. The van der Waals surface area contributed by atoms with Gasteiger partial charge in [0.15, 0.2) is 11.5 Å². The Hall–Kier alpha value is -2.74. The van der Waals surface area contributed by atoms with Crippen LogP contribution in [0.3, 0.4) is 0 Å². The fourth-order valence-corrected chi connectivity index (χ4v) is 5.14. The lowest BCUT2D eigenvalue weighted by Gasteiger charge is -2.29. The monoisotopic (exact) mass is 465 g/mol. The first kappa shape index (κ1) is 23.4. The topological polar surface area (TPSA) is 62.8 Å². The molecule has 1 amide bonds. The molecule has 0 saturated heterocycles. The Labute approximate surface area is 199 Å². The van der Waals surface area contributed by atoms with E-state index in [1.54, 1.807) is 26.2 Å². The molecule has 1 aliphatic heterocycles. The number of nitrogens with one attached hydrogen (secondary N) is 2. The second-order valence-electron chi connectivity index (χ2n) is 8.19. The molecule has 4 rings (SSSR count). The molecule has 0 aromatic heterocycles. The van der Waals surface area contributed by atoms with Crippen molar-refractivity contribution in [2.24, 2.45) is 0 Å². The van der Waals surface area contributed by atoms with E-state index >= 15 is 0 Å². The van der Waals surface area contributed by atoms with Crippen LogP contribution in [0, 0.1) is 0 Å². The molecule has 3 aromatic carbocycles. The van der Waals surface area contributed by atoms with Gasteiger partial charge in [-0.15, -0.1) is 0 Å². The highest BCUT2D eigenvalue weighted by molar-refractivity contribution is 7.97. The Balaban J connectivity index is 1.29. The Morgan fingerprint density at radius 2 is 1.76 bits per heavy atom. The predicted molar refractivity (Wildman–Crippen MR) is 135 cm³/mol. The number of rotatable bonds is 9. The standard InChI is InChI=1S/C26H31N3O3S/c1-18(30)28-23-9-4-8-22-21(23)7-5-10-26(22)33-27-12-6-13-29-14-11-19-15-24(31-2)25(32-3)16-20(19)17-29/h4-5,7-10,15-16,27H,6,11-14,17H2,1-3H3,(H,28,30). The van der Waals surface area contributed by atoms with E-state index in [9.17, 15) is 4.79 Å². The SMILES string of the molecule is COc1cc2c(cc1OC)CN(CCCNSc1cccc3c(NC(C)=O)cccc13)CC2. The van der Waals surface area contributed by atoms with E-state index in [2.05, 4.69) is 39.2 Å². The Morgan fingerprint density at radius 3 is 2.52 bits per heavy atom. The van der Waals surface area contributed by atoms with Gasteiger partial charge in [-0.25, -0.2) is 0 Å². The number of nitrogens with zero attached hydrogens (tertiary/aromatic N) is 1. The summed E-state index contributed by atoms with van der Waals surface area (Å²) in [7, 11) is 3.37. The van der Waals surface area contributed by atoms with Gasteiger partial charge in [-0.1, -0.05) is 24.3 Å². The molecule has 1 heterocycles. The average Bonchev–Trinajstić information content (AvgIpc) is 2.83. The van der Waals surface area contributed by atoms with Gasteiger partial charge in [-0.05, 0) is 72.1 Å². The molecule has 0 bridgehead atoms. The predicted octanol–water partition coefficient (Wildman–Crippen LogP) is 4.86. The minimum absolute atomic E-state index is 0.0587. The molecule has 7 heteroatoms. The highest BCUT2D eigenvalue weighted by Gasteiger charge is 2.19. The van der Waals surface area contributed by atoms with Crippen molar-refractivity contribution in [2.75, 3.05) is 39.2 Å². The van der Waals surface area contributed by atoms with Crippen LogP contribution in [-0.4, -0.2) is 44.7 Å². The zero-order chi connectivity index (χ0) is 23.2. The van der Waals surface area contributed by atoms with Gasteiger partial charge in [-0.3, -0.25) is 14.4 Å². The molecular weight excluding hydrogens is 434 g/mol. The van der Waals surface area contributed by atoms with Gasteiger partial charge in [0.05, 0.1) is 14.2 Å². The first-order valence-electron chi connectivity index (χ1n) is 11.2. The van der Waals surface area contributed by atoms with E-state index in [4.69, 9.17) is 9.47 Å². The third-order valence-corrected chi connectivity index (χ3v) is 6.85. The summed E-state index contributed by atoms with van der Waals surface area (Å²) in [6.07, 6.45) is 2.10. The van der Waals surface area contributed by atoms with Crippen molar-refractivity contribution in [3.05, 3.63) is 59.7 Å². The first-order chi connectivity index (χ1) is 16.1. The van der Waals surface area contributed by atoms with E-state index in [-0.39, 0.29) is 5.91 Å². The van der Waals surface area contributed by atoms with Crippen LogP contribution < -0.4 is 19.5 Å². The third kappa shape index (κ3) is 5.61. The summed E-state index contributed by atoms with van der Waals surface area (Å²) >= 11 is 1.65. The first-order valence-corrected chi connectivity index (χ1v) is 12.1. The van der Waals surface area contributed by atoms with E-state index in [1.165, 1.54) is 18.1 Å². The number of methoxy groups -OCH3 is 2. The van der Waals surface area contributed by atoms with Crippen LogP contribution in [0.25, 0.3) is 10.8 Å². The van der Waals surface area contributed by atoms with Gasteiger partial charge in [0.25, 0.3) is 0 Å². The molecule has 0 radical (unpaired) electrons. The summed E-state index contributed by atoms with van der Waals surface area (Å²) < 4.78 is 14.4. The van der Waals surface area contributed by atoms with E-state index in [1.807, 2.05) is 24.3 Å². The van der Waals surface area contributed by atoms with Crippen molar-refractivity contribution in [3.63, 3.8) is 0 Å². The summed E-state index contributed by atoms with van der Waals surface area (Å²) in [5.41, 5.74) is 3.53. The van der Waals surface area contributed by atoms with Crippen molar-refractivity contribution in [2.45, 2.75) is 31.2 Å². The molecule has 0 saturated carbocycles. The zero-order valence-corrected chi connectivity index (χ0v) is 20.3. The van der Waals surface area contributed by atoms with Crippen LogP contribution in [0.4, 0.5) is 5.69 Å². The highest BCUT2D eigenvalue weighted by atomic mass is 32.2. The van der Waals surface area contributed by atoms with Crippen LogP contribution in [-0.2, 0) is 17.8 Å². The van der Waals surface area contributed by atoms with Gasteiger partial charge in [0, 0.05) is 42.5 Å². The van der Waals surface area contributed by atoms with Crippen molar-refractivity contribution >= 4 is 34.3 Å². The van der Waals surface area contributed by atoms with Gasteiger partial charge < -0.3 is 14.8 Å². The fourth-order valence-electron chi connectivity index (χ4n) is 4.30. The Bertz CT molecular complexity index is 1140. The molecule has 0 unspecified atom stereocenters. The number of benzene rings is 3. The van der Waals surface area contributed by atoms with Crippen molar-refractivity contribution in [1.82, 2.24) is 9.62 Å². The largest absolute Gasteiger partial charge is 0.493 e. The number of amides is 1. The molecule has 0 aliphatic carbocycles. The van der Waals surface area contributed by atoms with E-state index < -0.39 is 0 Å². The van der Waals surface area contributed by atoms with Gasteiger partial charge >= 0.3 is 0 Å². The summed E-state index contributed by atoms with van der Waals surface area (Å²) in [5, 5.41) is 5.11. The molecule has 3 aromatic rings. The van der Waals surface area contributed by atoms with Gasteiger partial charge in [-0.2, -0.15) is 0 Å². The summed E-state index contributed by atoms with van der Waals surface area (Å²) in [6, 6.07) is 16.4. The molecular formula is C26H31N3O3S. The summed E-state index contributed by atoms with van der Waals surface area (Å²) in [5.74, 6) is 1.55. The smallest absolute Gasteiger partial charge is 0.221 e. The minimum atomic E-state index is -0.0587. The normalized spacial score (nSPS) is 13.5.